The normalized spacial score (nSPS) is 18.9. The first kappa shape index (κ1) is 19.4. The number of aromatic nitrogens is 1. The van der Waals surface area contributed by atoms with Gasteiger partial charge in [-0.1, -0.05) is 107 Å². The molecule has 3 heteroatoms. The molecule has 3 heterocycles. The van der Waals surface area contributed by atoms with Gasteiger partial charge in [-0.3, -0.25) is 0 Å². The summed E-state index contributed by atoms with van der Waals surface area (Å²) in [6, 6.07) is 29.4. The highest BCUT2D eigenvalue weighted by molar-refractivity contribution is 7.17. The molecule has 2 aliphatic heterocycles. The van der Waals surface area contributed by atoms with Crippen LogP contribution >= 0.6 is 0 Å². The molecule has 0 bridgehead atoms. The Hall–Kier alpha value is -2.76. The minimum absolute atomic E-state index is 0.423. The van der Waals surface area contributed by atoms with Crippen LogP contribution in [0.2, 0.25) is 25.2 Å². The summed E-state index contributed by atoms with van der Waals surface area (Å²) in [7, 11) is -1.79. The van der Waals surface area contributed by atoms with Crippen molar-refractivity contribution < 1.29 is 8.68 Å². The second-order valence-electron chi connectivity index (χ2n) is 11.1. The maximum atomic E-state index is 8.42. The lowest BCUT2D eigenvalue weighted by molar-refractivity contribution is -0.660. The van der Waals surface area contributed by atoms with E-state index in [1.165, 1.54) is 30.5 Å². The molecular formula is C32H36NSi2+. The maximum absolute atomic E-state index is 8.42. The average molecular weight is 494 g/mol. The molecule has 3 aromatic carbocycles. The lowest BCUT2D eigenvalue weighted by Crippen LogP contribution is -2.78. The minimum Gasteiger partial charge on any atom is -0.201 e. The van der Waals surface area contributed by atoms with Gasteiger partial charge >= 0.3 is 0 Å². The maximum Gasteiger partial charge on any atom is 0.213 e. The first-order valence-electron chi connectivity index (χ1n) is 14.4. The van der Waals surface area contributed by atoms with Crippen molar-refractivity contribution in [3.05, 3.63) is 90.1 Å². The Bertz CT molecular complexity index is 1570. The van der Waals surface area contributed by atoms with Crippen LogP contribution in [0.15, 0.2) is 79.0 Å². The molecule has 0 saturated carbocycles. The fourth-order valence-electron chi connectivity index (χ4n) is 6.92. The van der Waals surface area contributed by atoms with E-state index in [1.54, 1.807) is 20.7 Å². The van der Waals surface area contributed by atoms with Crippen molar-refractivity contribution >= 4 is 36.9 Å². The monoisotopic (exact) mass is 493 g/mol. The predicted octanol–water partition coefficient (Wildman–Crippen LogP) is 4.95. The molecule has 2 aliphatic rings. The third-order valence-corrected chi connectivity index (χ3v) is 18.2. The van der Waals surface area contributed by atoms with Crippen molar-refractivity contribution in [1.82, 2.24) is 0 Å². The molecule has 0 N–H and O–H groups in total. The van der Waals surface area contributed by atoms with Gasteiger partial charge in [0.05, 0.1) is 0 Å². The molecule has 1 nitrogen and oxygen atoms in total. The largest absolute Gasteiger partial charge is 0.213 e. The summed E-state index contributed by atoms with van der Waals surface area (Å²) in [5.74, 6) is 0. The second kappa shape index (κ2) is 8.14. The molecule has 1 saturated heterocycles. The van der Waals surface area contributed by atoms with Gasteiger partial charge in [-0.05, 0) is 48.6 Å². The lowest BCUT2D eigenvalue weighted by Gasteiger charge is -2.43. The smallest absolute Gasteiger partial charge is 0.201 e. The minimum atomic E-state index is -2.20. The molecular weight excluding hydrogens is 455 g/mol. The number of fused-ring (bicyclic) bond motifs is 4. The number of hydrogen-bond donors (Lipinski definition) is 0. The van der Waals surface area contributed by atoms with Crippen LogP contribution in [0.4, 0.5) is 0 Å². The van der Waals surface area contributed by atoms with Crippen molar-refractivity contribution in [3.63, 3.8) is 0 Å². The average Bonchev–Trinajstić information content (AvgIpc) is 3.38. The Kier molecular flexibility index (Phi) is 4.52. The molecule has 0 unspecified atom stereocenters. The molecule has 0 atom stereocenters. The van der Waals surface area contributed by atoms with Gasteiger partial charge in [0, 0.05) is 21.3 Å². The van der Waals surface area contributed by atoms with E-state index in [9.17, 15) is 0 Å². The predicted molar refractivity (Wildman–Crippen MR) is 155 cm³/mol. The van der Waals surface area contributed by atoms with Crippen molar-refractivity contribution in [2.75, 3.05) is 0 Å². The van der Waals surface area contributed by atoms with Crippen molar-refractivity contribution in [3.8, 4) is 22.4 Å². The highest BCUT2D eigenvalue weighted by Crippen LogP contribution is 2.34. The van der Waals surface area contributed by atoms with Crippen LogP contribution in [-0.2, 0) is 7.05 Å². The van der Waals surface area contributed by atoms with Crippen LogP contribution < -0.4 is 25.3 Å². The Morgan fingerprint density at radius 1 is 0.743 bits per heavy atom. The van der Waals surface area contributed by atoms with Crippen molar-refractivity contribution in [2.24, 2.45) is 7.05 Å². The first-order chi connectivity index (χ1) is 18.0. The topological polar surface area (TPSA) is 3.88 Å². The van der Waals surface area contributed by atoms with E-state index in [1.807, 2.05) is 17.8 Å². The van der Waals surface area contributed by atoms with Gasteiger partial charge in [0.1, 0.15) is 23.2 Å². The van der Waals surface area contributed by atoms with E-state index in [4.69, 9.17) is 4.11 Å². The van der Waals surface area contributed by atoms with E-state index >= 15 is 0 Å². The van der Waals surface area contributed by atoms with Crippen LogP contribution in [0.3, 0.4) is 0 Å². The van der Waals surface area contributed by atoms with E-state index in [0.717, 1.165) is 22.4 Å². The molecule has 0 radical (unpaired) electrons. The molecule has 35 heavy (non-hydrogen) atoms. The quantitative estimate of drug-likeness (QED) is 0.275. The van der Waals surface area contributed by atoms with E-state index in [0.29, 0.717) is 5.56 Å². The number of nitrogens with zero attached hydrogens (tertiary/aromatic N) is 1. The van der Waals surface area contributed by atoms with Gasteiger partial charge in [-0.25, -0.2) is 4.57 Å². The fourth-order valence-corrected chi connectivity index (χ4v) is 18.4. The summed E-state index contributed by atoms with van der Waals surface area (Å²) < 4.78 is 27.2. The second-order valence-corrected chi connectivity index (χ2v) is 19.7. The van der Waals surface area contributed by atoms with Gasteiger partial charge in [0.15, 0.2) is 6.20 Å². The number of benzene rings is 3. The Morgan fingerprint density at radius 2 is 1.43 bits per heavy atom. The Labute approximate surface area is 216 Å². The molecule has 6 rings (SSSR count). The van der Waals surface area contributed by atoms with Crippen LogP contribution in [0.1, 0.15) is 28.1 Å². The molecule has 1 aromatic heterocycles. The Balaban J connectivity index is 1.62. The van der Waals surface area contributed by atoms with Gasteiger partial charge in [-0.15, -0.1) is 0 Å². The number of pyridine rings is 1. The summed E-state index contributed by atoms with van der Waals surface area (Å²) in [5.41, 5.74) is 5.67. The number of aryl methyl sites for hydroxylation is 3. The number of rotatable bonds is 2. The zero-order valence-corrected chi connectivity index (χ0v) is 23.3. The molecule has 4 aromatic rings. The van der Waals surface area contributed by atoms with Crippen molar-refractivity contribution in [2.45, 2.75) is 51.8 Å². The highest BCUT2D eigenvalue weighted by atomic mass is 28.3. The molecule has 1 fully saturated rings. The fraction of sp³-hybridized carbons (Fsp3) is 0.281. The van der Waals surface area contributed by atoms with Crippen LogP contribution in [0.25, 0.3) is 22.4 Å². The Morgan fingerprint density at radius 3 is 2.17 bits per heavy atom. The lowest BCUT2D eigenvalue weighted by atomic mass is 9.97. The standard InChI is InChI=1S/C32H36NSi2/c1-23-12-6-7-13-26(23)28-21-27(24(2)22-33(28)3)25-16-17-30-32(20-25)35(18-10-11-19-35)31-15-9-8-14-29(31)34(30,4)5/h6-9,12-17,20-22H,10-11,18-19H2,1-5H3/q+1/i2D3. The van der Waals surface area contributed by atoms with Gasteiger partial charge in [-0.2, -0.15) is 0 Å². The summed E-state index contributed by atoms with van der Waals surface area (Å²) >= 11 is 0. The third-order valence-electron chi connectivity index (χ3n) is 8.79. The molecule has 0 amide bonds. The molecule has 176 valence electrons. The number of hydrogen-bond acceptors (Lipinski definition) is 0. The van der Waals surface area contributed by atoms with Crippen molar-refractivity contribution in [1.29, 1.82) is 0 Å². The van der Waals surface area contributed by atoms with E-state index in [-0.39, 0.29) is 0 Å². The SMILES string of the molecule is [2H]C([2H])([2H])c1c[n+](C)c(-c2ccccc2C)cc1-c1ccc2c(c1)[Si]1(CCCC1)c1ccccc1[Si]2(C)C. The summed E-state index contributed by atoms with van der Waals surface area (Å²) in [6.45, 7) is 4.90. The van der Waals surface area contributed by atoms with Gasteiger partial charge < -0.3 is 0 Å². The van der Waals surface area contributed by atoms with Gasteiger partial charge in [0.25, 0.3) is 0 Å². The van der Waals surface area contributed by atoms with Crippen LogP contribution in [-0.4, -0.2) is 16.1 Å². The first-order valence-corrected chi connectivity index (χ1v) is 18.3. The molecule has 0 aliphatic carbocycles. The molecule has 1 spiro atoms. The van der Waals surface area contributed by atoms with Gasteiger partial charge in [0.2, 0.25) is 5.69 Å². The highest BCUT2D eigenvalue weighted by Gasteiger charge is 2.50. The summed E-state index contributed by atoms with van der Waals surface area (Å²) in [6.07, 6.45) is 4.43. The third kappa shape index (κ3) is 3.35. The van der Waals surface area contributed by atoms with E-state index in [2.05, 4.69) is 92.8 Å². The summed E-state index contributed by atoms with van der Waals surface area (Å²) in [5, 5.41) is 6.45. The summed E-state index contributed by atoms with van der Waals surface area (Å²) in [4.78, 5) is 0. The van der Waals surface area contributed by atoms with Crippen LogP contribution in [0.5, 0.6) is 0 Å². The van der Waals surface area contributed by atoms with E-state index < -0.39 is 23.0 Å². The zero-order chi connectivity index (χ0) is 26.9. The van der Waals surface area contributed by atoms with Crippen LogP contribution in [0, 0.1) is 13.8 Å². The zero-order valence-electron chi connectivity index (χ0n) is 24.3.